The number of nitrogens with one attached hydrogen (secondary N) is 1. The number of hydrogen-bond acceptors (Lipinski definition) is 4. The van der Waals surface area contributed by atoms with Crippen LogP contribution in [0.1, 0.15) is 28.5 Å². The first kappa shape index (κ1) is 19.3. The molecule has 1 N–H and O–H groups in total. The molecular formula is C18H13F4N5O. The molecule has 0 saturated heterocycles. The number of nitrogens with zero attached hydrogens (tertiary/aromatic N) is 4. The number of nitriles is 1. The van der Waals surface area contributed by atoms with E-state index in [0.29, 0.717) is 5.69 Å². The molecule has 2 aromatic heterocycles. The van der Waals surface area contributed by atoms with Gasteiger partial charge < -0.3 is 5.32 Å². The monoisotopic (exact) mass is 391 g/mol. The maximum Gasteiger partial charge on any atom is 0.408 e. The van der Waals surface area contributed by atoms with E-state index < -0.39 is 23.9 Å². The lowest BCUT2D eigenvalue weighted by molar-refractivity contribution is -0.149. The van der Waals surface area contributed by atoms with Crippen LogP contribution in [-0.2, 0) is 0 Å². The molecule has 3 aromatic rings. The lowest BCUT2D eigenvalue weighted by Gasteiger charge is -2.16. The Labute approximate surface area is 156 Å². The molecule has 10 heteroatoms. The number of alkyl halides is 3. The van der Waals surface area contributed by atoms with Crippen molar-refractivity contribution in [3.8, 4) is 17.3 Å². The first-order chi connectivity index (χ1) is 13.1. The smallest absolute Gasteiger partial charge is 0.340 e. The van der Waals surface area contributed by atoms with Crippen LogP contribution in [0.5, 0.6) is 0 Å². The van der Waals surface area contributed by atoms with E-state index in [9.17, 15) is 22.4 Å². The molecule has 0 fully saturated rings. The van der Waals surface area contributed by atoms with Crippen LogP contribution in [0.4, 0.5) is 17.6 Å². The van der Waals surface area contributed by atoms with Crippen LogP contribution in [-0.4, -0.2) is 32.7 Å². The molecule has 0 radical (unpaired) electrons. The molecule has 0 saturated carbocycles. The van der Waals surface area contributed by atoms with E-state index in [1.807, 2.05) is 11.4 Å². The van der Waals surface area contributed by atoms with Gasteiger partial charge in [-0.05, 0) is 38.1 Å². The van der Waals surface area contributed by atoms with Gasteiger partial charge in [0, 0.05) is 11.3 Å². The topological polar surface area (TPSA) is 83.1 Å². The Morgan fingerprint density at radius 1 is 1.32 bits per heavy atom. The maximum atomic E-state index is 14.2. The van der Waals surface area contributed by atoms with Gasteiger partial charge in [-0.25, -0.2) is 13.9 Å². The van der Waals surface area contributed by atoms with E-state index in [2.05, 4.69) is 10.1 Å². The highest BCUT2D eigenvalue weighted by molar-refractivity contribution is 6.00. The quantitative estimate of drug-likeness (QED) is 0.694. The van der Waals surface area contributed by atoms with Gasteiger partial charge in [0.15, 0.2) is 5.65 Å². The zero-order chi connectivity index (χ0) is 20.6. The number of carbonyl (C=O) groups is 1. The minimum atomic E-state index is -4.60. The summed E-state index contributed by atoms with van der Waals surface area (Å²) in [5, 5.41) is 14.8. The summed E-state index contributed by atoms with van der Waals surface area (Å²) in [6, 6.07) is 5.05. The van der Waals surface area contributed by atoms with Crippen molar-refractivity contribution in [1.82, 2.24) is 19.9 Å². The molecule has 1 atom stereocenters. The molecule has 0 aliphatic heterocycles. The fourth-order valence-electron chi connectivity index (χ4n) is 2.56. The molecule has 1 amide bonds. The second-order valence-corrected chi connectivity index (χ2v) is 6.12. The summed E-state index contributed by atoms with van der Waals surface area (Å²) < 4.78 is 53.6. The van der Waals surface area contributed by atoms with Crippen molar-refractivity contribution in [3.63, 3.8) is 0 Å². The van der Waals surface area contributed by atoms with E-state index in [0.717, 1.165) is 19.2 Å². The van der Waals surface area contributed by atoms with Crippen LogP contribution in [0, 0.1) is 24.1 Å². The van der Waals surface area contributed by atoms with Gasteiger partial charge in [-0.2, -0.15) is 23.5 Å². The zero-order valence-corrected chi connectivity index (χ0v) is 14.7. The summed E-state index contributed by atoms with van der Waals surface area (Å²) in [5.74, 6) is -1.64. The largest absolute Gasteiger partial charge is 0.408 e. The molecule has 0 spiro atoms. The molecule has 0 unspecified atom stereocenters. The molecular weight excluding hydrogens is 378 g/mol. The minimum Gasteiger partial charge on any atom is -0.340 e. The SMILES string of the molecule is Cc1cc(-c2cc(C#N)ccc2F)nc2c(C(=O)N[C@H](C)C(F)(F)F)cnn12. The highest BCUT2D eigenvalue weighted by atomic mass is 19.4. The average molecular weight is 391 g/mol. The molecule has 144 valence electrons. The maximum absolute atomic E-state index is 14.2. The zero-order valence-electron chi connectivity index (χ0n) is 14.7. The Morgan fingerprint density at radius 3 is 2.68 bits per heavy atom. The van der Waals surface area contributed by atoms with Crippen molar-refractivity contribution in [2.75, 3.05) is 0 Å². The standard InChI is InChI=1S/C18H13F4N5O/c1-9-5-15(12-6-11(7-23)3-4-14(12)19)26-16-13(8-24-27(9)16)17(28)25-10(2)18(20,21)22/h3-6,8,10H,1-2H3,(H,25,28)/t10-/m1/s1. The highest BCUT2D eigenvalue weighted by Gasteiger charge is 2.37. The van der Waals surface area contributed by atoms with Gasteiger partial charge in [-0.15, -0.1) is 0 Å². The van der Waals surface area contributed by atoms with Crippen molar-refractivity contribution in [3.05, 3.63) is 53.1 Å². The summed E-state index contributed by atoms with van der Waals surface area (Å²) in [6.45, 7) is 2.44. The highest BCUT2D eigenvalue weighted by Crippen LogP contribution is 2.25. The number of rotatable bonds is 3. The van der Waals surface area contributed by atoms with Gasteiger partial charge >= 0.3 is 6.18 Å². The third-order valence-electron chi connectivity index (χ3n) is 4.10. The number of fused-ring (bicyclic) bond motifs is 1. The number of aryl methyl sites for hydroxylation is 1. The number of benzene rings is 1. The molecule has 0 aliphatic carbocycles. The second kappa shape index (κ2) is 6.92. The van der Waals surface area contributed by atoms with E-state index in [-0.39, 0.29) is 28.0 Å². The summed E-state index contributed by atoms with van der Waals surface area (Å²) >= 11 is 0. The molecule has 6 nitrogen and oxygen atoms in total. The summed E-state index contributed by atoms with van der Waals surface area (Å²) in [6.07, 6.45) is -3.51. The fourth-order valence-corrected chi connectivity index (χ4v) is 2.56. The van der Waals surface area contributed by atoms with Crippen molar-refractivity contribution >= 4 is 11.6 Å². The Hall–Kier alpha value is -3.48. The summed E-state index contributed by atoms with van der Waals surface area (Å²) in [7, 11) is 0. The van der Waals surface area contributed by atoms with Crippen LogP contribution in [0.3, 0.4) is 0 Å². The molecule has 3 rings (SSSR count). The van der Waals surface area contributed by atoms with Gasteiger partial charge in [0.25, 0.3) is 5.91 Å². The van der Waals surface area contributed by atoms with Gasteiger partial charge in [-0.1, -0.05) is 0 Å². The summed E-state index contributed by atoms with van der Waals surface area (Å²) in [5.41, 5.74) is 0.631. The first-order valence-electron chi connectivity index (χ1n) is 8.05. The Kier molecular flexibility index (Phi) is 4.77. The van der Waals surface area contributed by atoms with Crippen LogP contribution in [0.15, 0.2) is 30.5 Å². The lowest BCUT2D eigenvalue weighted by Crippen LogP contribution is -2.43. The van der Waals surface area contributed by atoms with E-state index >= 15 is 0 Å². The van der Waals surface area contributed by atoms with E-state index in [4.69, 9.17) is 5.26 Å². The van der Waals surface area contributed by atoms with Crippen molar-refractivity contribution in [2.24, 2.45) is 0 Å². The van der Waals surface area contributed by atoms with Crippen molar-refractivity contribution in [2.45, 2.75) is 26.1 Å². The number of carbonyl (C=O) groups excluding carboxylic acids is 1. The average Bonchev–Trinajstić information content (AvgIpc) is 3.06. The third kappa shape index (κ3) is 3.51. The lowest BCUT2D eigenvalue weighted by atomic mass is 10.1. The van der Waals surface area contributed by atoms with Crippen LogP contribution < -0.4 is 5.32 Å². The predicted octanol–water partition coefficient (Wildman–Crippen LogP) is 3.40. The first-order valence-corrected chi connectivity index (χ1v) is 8.05. The second-order valence-electron chi connectivity index (χ2n) is 6.12. The number of aromatic nitrogens is 3. The summed E-state index contributed by atoms with van der Waals surface area (Å²) in [4.78, 5) is 16.5. The van der Waals surface area contributed by atoms with E-state index in [1.54, 1.807) is 6.92 Å². The number of halogens is 4. The Bertz CT molecular complexity index is 1110. The third-order valence-corrected chi connectivity index (χ3v) is 4.10. The van der Waals surface area contributed by atoms with Gasteiger partial charge in [0.2, 0.25) is 0 Å². The number of hydrogen-bond donors (Lipinski definition) is 1. The van der Waals surface area contributed by atoms with Gasteiger partial charge in [0.05, 0.1) is 23.5 Å². The Morgan fingerprint density at radius 2 is 2.04 bits per heavy atom. The number of amides is 1. The van der Waals surface area contributed by atoms with Crippen LogP contribution in [0.25, 0.3) is 16.9 Å². The minimum absolute atomic E-state index is 0.0244. The molecule has 1 aromatic carbocycles. The van der Waals surface area contributed by atoms with E-state index in [1.165, 1.54) is 22.7 Å². The van der Waals surface area contributed by atoms with Crippen molar-refractivity contribution in [1.29, 1.82) is 5.26 Å². The van der Waals surface area contributed by atoms with Crippen molar-refractivity contribution < 1.29 is 22.4 Å². The molecule has 0 aliphatic rings. The molecule has 28 heavy (non-hydrogen) atoms. The Balaban J connectivity index is 2.09. The normalized spacial score (nSPS) is 12.6. The van der Waals surface area contributed by atoms with Gasteiger partial charge in [0.1, 0.15) is 17.4 Å². The van der Waals surface area contributed by atoms with Crippen LogP contribution >= 0.6 is 0 Å². The molecule has 0 bridgehead atoms. The fraction of sp³-hybridized carbons (Fsp3) is 0.222. The molecule has 2 heterocycles. The van der Waals surface area contributed by atoms with Gasteiger partial charge in [-0.3, -0.25) is 4.79 Å². The van der Waals surface area contributed by atoms with Crippen LogP contribution in [0.2, 0.25) is 0 Å². The predicted molar refractivity (Wildman–Crippen MR) is 90.8 cm³/mol.